The molecule has 2 aliphatic carbocycles. The van der Waals surface area contributed by atoms with Crippen LogP contribution in [0.3, 0.4) is 0 Å². The van der Waals surface area contributed by atoms with Crippen molar-refractivity contribution in [1.82, 2.24) is 10.0 Å². The van der Waals surface area contributed by atoms with E-state index in [1.807, 2.05) is 0 Å². The van der Waals surface area contributed by atoms with Crippen LogP contribution in [-0.4, -0.2) is 33.3 Å². The Morgan fingerprint density at radius 1 is 1.17 bits per heavy atom. The van der Waals surface area contributed by atoms with Crippen molar-refractivity contribution >= 4 is 10.0 Å². The predicted octanol–water partition coefficient (Wildman–Crippen LogP) is 1.48. The van der Waals surface area contributed by atoms with Crippen LogP contribution in [0, 0.1) is 11.8 Å². The fourth-order valence-corrected chi connectivity index (χ4v) is 3.84. The number of hydrogen-bond donors (Lipinski definition) is 2. The molecule has 2 aliphatic rings. The van der Waals surface area contributed by atoms with Gasteiger partial charge in [-0.25, -0.2) is 13.1 Å². The van der Waals surface area contributed by atoms with Crippen molar-refractivity contribution in [3.8, 4) is 0 Å². The molecule has 2 fully saturated rings. The third-order valence-corrected chi connectivity index (χ3v) is 5.43. The Morgan fingerprint density at radius 3 is 2.56 bits per heavy atom. The maximum atomic E-state index is 11.8. The van der Waals surface area contributed by atoms with E-state index in [-0.39, 0.29) is 5.75 Å². The minimum Gasteiger partial charge on any atom is -0.314 e. The third kappa shape index (κ3) is 5.24. The Hall–Kier alpha value is -0.130. The van der Waals surface area contributed by atoms with Crippen LogP contribution in [0.1, 0.15) is 45.4 Å². The first kappa shape index (κ1) is 14.3. The first-order valence-corrected chi connectivity index (χ1v) is 8.91. The van der Waals surface area contributed by atoms with E-state index < -0.39 is 10.0 Å². The predicted molar refractivity (Wildman–Crippen MR) is 73.9 cm³/mol. The van der Waals surface area contributed by atoms with Crippen LogP contribution in [0.5, 0.6) is 0 Å². The summed E-state index contributed by atoms with van der Waals surface area (Å²) in [6, 6.07) is 0.667. The Bertz CT molecular complexity index is 352. The summed E-state index contributed by atoms with van der Waals surface area (Å²) in [6.45, 7) is 3.72. The van der Waals surface area contributed by atoms with Gasteiger partial charge in [-0.2, -0.15) is 0 Å². The lowest BCUT2D eigenvalue weighted by Crippen LogP contribution is -2.32. The first-order valence-electron chi connectivity index (χ1n) is 7.26. The highest BCUT2D eigenvalue weighted by Crippen LogP contribution is 2.29. The summed E-state index contributed by atoms with van der Waals surface area (Å²) in [5, 5.41) is 3.34. The summed E-state index contributed by atoms with van der Waals surface area (Å²) in [4.78, 5) is 0. The molecule has 0 aromatic heterocycles. The minimum absolute atomic E-state index is 0.259. The highest BCUT2D eigenvalue weighted by molar-refractivity contribution is 7.89. The molecule has 0 aliphatic heterocycles. The topological polar surface area (TPSA) is 58.2 Å². The molecule has 2 rings (SSSR count). The molecule has 0 radical (unpaired) electrons. The average molecular weight is 274 g/mol. The van der Waals surface area contributed by atoms with Crippen molar-refractivity contribution in [2.75, 3.05) is 18.8 Å². The molecule has 18 heavy (non-hydrogen) atoms. The molecular weight excluding hydrogens is 248 g/mol. The smallest absolute Gasteiger partial charge is 0.211 e. The molecule has 5 heteroatoms. The van der Waals surface area contributed by atoms with Gasteiger partial charge in [-0.1, -0.05) is 13.3 Å². The number of nitrogens with one attached hydrogen (secondary N) is 2. The van der Waals surface area contributed by atoms with E-state index in [9.17, 15) is 8.42 Å². The zero-order valence-corrected chi connectivity index (χ0v) is 12.1. The van der Waals surface area contributed by atoms with E-state index in [2.05, 4.69) is 17.0 Å². The zero-order chi connectivity index (χ0) is 13.0. The van der Waals surface area contributed by atoms with E-state index in [1.54, 1.807) is 0 Å². The number of rotatable bonds is 8. The Balaban J connectivity index is 1.57. The molecule has 2 atom stereocenters. The lowest BCUT2D eigenvalue weighted by atomic mass is 10.1. The molecule has 0 spiro atoms. The molecule has 0 saturated heterocycles. The Kier molecular flexibility index (Phi) is 5.04. The van der Waals surface area contributed by atoms with Gasteiger partial charge in [0.1, 0.15) is 0 Å². The van der Waals surface area contributed by atoms with Crippen LogP contribution in [0.2, 0.25) is 0 Å². The van der Waals surface area contributed by atoms with Gasteiger partial charge in [0.05, 0.1) is 5.75 Å². The van der Waals surface area contributed by atoms with Gasteiger partial charge in [-0.15, -0.1) is 0 Å². The van der Waals surface area contributed by atoms with Gasteiger partial charge >= 0.3 is 0 Å². The molecule has 0 aromatic carbocycles. The van der Waals surface area contributed by atoms with Gasteiger partial charge in [-0.05, 0) is 50.5 Å². The maximum absolute atomic E-state index is 11.8. The molecule has 2 unspecified atom stereocenters. The molecule has 0 bridgehead atoms. The van der Waals surface area contributed by atoms with Crippen molar-refractivity contribution in [1.29, 1.82) is 0 Å². The molecule has 0 heterocycles. The summed E-state index contributed by atoms with van der Waals surface area (Å²) in [6.07, 6.45) is 6.82. The lowest BCUT2D eigenvalue weighted by molar-refractivity contribution is 0.497. The number of hydrogen-bond acceptors (Lipinski definition) is 3. The van der Waals surface area contributed by atoms with Crippen molar-refractivity contribution < 1.29 is 8.42 Å². The summed E-state index contributed by atoms with van der Waals surface area (Å²) >= 11 is 0. The van der Waals surface area contributed by atoms with E-state index in [1.165, 1.54) is 32.1 Å². The summed E-state index contributed by atoms with van der Waals surface area (Å²) < 4.78 is 26.4. The fourth-order valence-electron chi connectivity index (χ4n) is 2.68. The normalized spacial score (nSPS) is 28.7. The molecule has 106 valence electrons. The van der Waals surface area contributed by atoms with Crippen molar-refractivity contribution in [2.45, 2.75) is 51.5 Å². The molecule has 4 nitrogen and oxygen atoms in total. The zero-order valence-electron chi connectivity index (χ0n) is 11.3. The molecular formula is C13H26N2O2S. The maximum Gasteiger partial charge on any atom is 0.211 e. The minimum atomic E-state index is -3.05. The van der Waals surface area contributed by atoms with Gasteiger partial charge < -0.3 is 5.32 Å². The van der Waals surface area contributed by atoms with Crippen LogP contribution in [-0.2, 0) is 10.0 Å². The average Bonchev–Trinajstić information content (AvgIpc) is 3.04. The third-order valence-electron chi connectivity index (χ3n) is 4.00. The van der Waals surface area contributed by atoms with Crippen LogP contribution in [0.4, 0.5) is 0 Å². The first-order chi connectivity index (χ1) is 8.55. The van der Waals surface area contributed by atoms with Gasteiger partial charge in [0, 0.05) is 12.6 Å². The van der Waals surface area contributed by atoms with Gasteiger partial charge in [0.15, 0.2) is 0 Å². The molecule has 2 N–H and O–H groups in total. The van der Waals surface area contributed by atoms with Gasteiger partial charge in [0.25, 0.3) is 0 Å². The van der Waals surface area contributed by atoms with E-state index in [0.29, 0.717) is 24.9 Å². The van der Waals surface area contributed by atoms with Gasteiger partial charge in [-0.3, -0.25) is 0 Å². The van der Waals surface area contributed by atoms with Crippen LogP contribution in [0.25, 0.3) is 0 Å². The van der Waals surface area contributed by atoms with E-state index >= 15 is 0 Å². The second-order valence-electron chi connectivity index (χ2n) is 6.03. The fraction of sp³-hybridized carbons (Fsp3) is 1.00. The molecule has 0 aromatic rings. The highest BCUT2D eigenvalue weighted by Gasteiger charge is 2.23. The van der Waals surface area contributed by atoms with Crippen LogP contribution in [0.15, 0.2) is 0 Å². The monoisotopic (exact) mass is 274 g/mol. The summed E-state index contributed by atoms with van der Waals surface area (Å²) in [5.74, 6) is 1.58. The second-order valence-corrected chi connectivity index (χ2v) is 7.96. The lowest BCUT2D eigenvalue weighted by Gasteiger charge is -2.11. The Labute approximate surface area is 111 Å². The van der Waals surface area contributed by atoms with Crippen molar-refractivity contribution in [3.05, 3.63) is 0 Å². The second kappa shape index (κ2) is 6.35. The van der Waals surface area contributed by atoms with E-state index in [4.69, 9.17) is 0 Å². The summed E-state index contributed by atoms with van der Waals surface area (Å²) in [7, 11) is -3.05. The van der Waals surface area contributed by atoms with Gasteiger partial charge in [0.2, 0.25) is 10.0 Å². The highest BCUT2D eigenvalue weighted by atomic mass is 32.2. The van der Waals surface area contributed by atoms with E-state index in [0.717, 1.165) is 12.5 Å². The Morgan fingerprint density at radius 2 is 1.94 bits per heavy atom. The number of sulfonamides is 1. The largest absolute Gasteiger partial charge is 0.314 e. The summed E-state index contributed by atoms with van der Waals surface area (Å²) in [5.41, 5.74) is 0. The van der Waals surface area contributed by atoms with Crippen LogP contribution < -0.4 is 10.0 Å². The standard InChI is InChI=1S/C13H26N2O2S/c1-11-3-4-12(9-11)10-15-18(16,17)8-2-7-14-13-5-6-13/h11-15H,2-10H2,1H3. The van der Waals surface area contributed by atoms with Crippen molar-refractivity contribution in [2.24, 2.45) is 11.8 Å². The molecule has 0 amide bonds. The van der Waals surface area contributed by atoms with Crippen LogP contribution >= 0.6 is 0 Å². The SMILES string of the molecule is CC1CCC(CNS(=O)(=O)CCCNC2CC2)C1. The molecule has 2 saturated carbocycles. The van der Waals surface area contributed by atoms with Crippen molar-refractivity contribution in [3.63, 3.8) is 0 Å². The quantitative estimate of drug-likeness (QED) is 0.659.